The molecule has 9 heteroatoms. The van der Waals surface area contributed by atoms with E-state index in [0.717, 1.165) is 11.4 Å². The predicted octanol–water partition coefficient (Wildman–Crippen LogP) is 3.10. The zero-order valence-corrected chi connectivity index (χ0v) is 13.6. The zero-order chi connectivity index (χ0) is 16.4. The van der Waals surface area contributed by atoms with Crippen LogP contribution >= 0.6 is 22.9 Å². The molecule has 3 aromatic rings. The number of carbonyl (C=O) groups excluding carboxylic acids is 1. The van der Waals surface area contributed by atoms with Crippen LogP contribution in [0.15, 0.2) is 24.3 Å². The van der Waals surface area contributed by atoms with Gasteiger partial charge in [0.15, 0.2) is 0 Å². The first-order valence-electron chi connectivity index (χ1n) is 6.75. The second-order valence-electron chi connectivity index (χ2n) is 4.64. The third-order valence-electron chi connectivity index (χ3n) is 3.05. The number of phenols is 1. The lowest BCUT2D eigenvalue weighted by atomic mass is 10.1. The number of carbonyl (C=O) groups is 1. The molecule has 0 spiro atoms. The van der Waals surface area contributed by atoms with E-state index in [4.69, 9.17) is 11.6 Å². The Morgan fingerprint density at radius 3 is 2.96 bits per heavy atom. The first kappa shape index (κ1) is 15.4. The van der Waals surface area contributed by atoms with Crippen molar-refractivity contribution in [3.05, 3.63) is 40.0 Å². The fourth-order valence-corrected chi connectivity index (χ4v) is 2.75. The number of phenolic OH excluding ortho intramolecular Hbond substituents is 1. The first-order chi connectivity index (χ1) is 11.1. The van der Waals surface area contributed by atoms with Crippen molar-refractivity contribution in [1.29, 1.82) is 0 Å². The second-order valence-corrected chi connectivity index (χ2v) is 6.14. The molecule has 0 bridgehead atoms. The van der Waals surface area contributed by atoms with Crippen molar-refractivity contribution in [2.75, 3.05) is 5.32 Å². The van der Waals surface area contributed by atoms with Gasteiger partial charge in [-0.2, -0.15) is 5.10 Å². The maximum absolute atomic E-state index is 12.2. The number of aromatic hydroxyl groups is 1. The lowest BCUT2D eigenvalue weighted by molar-refractivity contribution is 0.102. The summed E-state index contributed by atoms with van der Waals surface area (Å²) in [6.07, 6.45) is 0.760. The van der Waals surface area contributed by atoms with Gasteiger partial charge < -0.3 is 5.11 Å². The van der Waals surface area contributed by atoms with Crippen LogP contribution in [0.3, 0.4) is 0 Å². The molecule has 2 aromatic heterocycles. The lowest BCUT2D eigenvalue weighted by Crippen LogP contribution is -2.12. The number of hydrogen-bond acceptors (Lipinski definition) is 6. The molecule has 3 rings (SSSR count). The van der Waals surface area contributed by atoms with Crippen molar-refractivity contribution in [2.45, 2.75) is 13.3 Å². The van der Waals surface area contributed by atoms with Gasteiger partial charge in [-0.1, -0.05) is 29.9 Å². The number of amides is 1. The van der Waals surface area contributed by atoms with Gasteiger partial charge in [-0.15, -0.1) is 10.2 Å². The molecule has 118 valence electrons. The van der Waals surface area contributed by atoms with Crippen LogP contribution in [0.5, 0.6) is 5.75 Å². The van der Waals surface area contributed by atoms with Crippen LogP contribution in [-0.2, 0) is 6.42 Å². The molecule has 0 aliphatic heterocycles. The molecular formula is C14H12ClN5O2S. The monoisotopic (exact) mass is 349 g/mol. The van der Waals surface area contributed by atoms with Crippen LogP contribution < -0.4 is 5.32 Å². The normalized spacial score (nSPS) is 10.7. The molecule has 0 unspecified atom stereocenters. The van der Waals surface area contributed by atoms with Crippen molar-refractivity contribution < 1.29 is 9.90 Å². The van der Waals surface area contributed by atoms with Gasteiger partial charge in [0.2, 0.25) is 5.13 Å². The van der Waals surface area contributed by atoms with Gasteiger partial charge >= 0.3 is 0 Å². The summed E-state index contributed by atoms with van der Waals surface area (Å²) in [5.41, 5.74) is 1.10. The van der Waals surface area contributed by atoms with E-state index in [-0.39, 0.29) is 17.4 Å². The average Bonchev–Trinajstić information content (AvgIpc) is 3.18. The minimum absolute atomic E-state index is 0.0320. The van der Waals surface area contributed by atoms with E-state index in [1.807, 2.05) is 6.92 Å². The molecule has 2 heterocycles. The highest BCUT2D eigenvalue weighted by atomic mass is 35.5. The van der Waals surface area contributed by atoms with E-state index in [9.17, 15) is 9.90 Å². The number of nitrogens with one attached hydrogen (secondary N) is 2. The molecule has 1 amide bonds. The fraction of sp³-hybridized carbons (Fsp3) is 0.143. The Hall–Kier alpha value is -2.45. The summed E-state index contributed by atoms with van der Waals surface area (Å²) in [6, 6.07) is 6.15. The number of benzene rings is 1. The maximum Gasteiger partial charge on any atom is 0.275 e. The maximum atomic E-state index is 12.2. The van der Waals surface area contributed by atoms with E-state index in [1.165, 1.54) is 23.5 Å². The Labute approximate surface area is 140 Å². The number of aromatic amines is 1. The van der Waals surface area contributed by atoms with Gasteiger partial charge in [0.25, 0.3) is 5.91 Å². The Bertz CT molecular complexity index is 860. The lowest BCUT2D eigenvalue weighted by Gasteiger charge is -2.00. The van der Waals surface area contributed by atoms with Gasteiger partial charge in [0.05, 0.1) is 5.69 Å². The molecule has 7 nitrogen and oxygen atoms in total. The Morgan fingerprint density at radius 2 is 2.22 bits per heavy atom. The summed E-state index contributed by atoms with van der Waals surface area (Å²) in [5, 5.41) is 28.7. The average molecular weight is 350 g/mol. The Balaban J connectivity index is 1.81. The second kappa shape index (κ2) is 6.35. The number of halogens is 1. The van der Waals surface area contributed by atoms with E-state index >= 15 is 0 Å². The minimum atomic E-state index is -0.385. The highest BCUT2D eigenvalue weighted by Crippen LogP contribution is 2.30. The molecule has 1 aromatic carbocycles. The molecule has 0 aliphatic rings. The molecule has 0 saturated heterocycles. The molecule has 0 atom stereocenters. The highest BCUT2D eigenvalue weighted by molar-refractivity contribution is 7.15. The molecule has 23 heavy (non-hydrogen) atoms. The van der Waals surface area contributed by atoms with E-state index in [0.29, 0.717) is 21.4 Å². The highest BCUT2D eigenvalue weighted by Gasteiger charge is 2.15. The zero-order valence-electron chi connectivity index (χ0n) is 12.0. The third kappa shape index (κ3) is 3.33. The van der Waals surface area contributed by atoms with E-state index < -0.39 is 0 Å². The van der Waals surface area contributed by atoms with E-state index in [2.05, 4.69) is 25.7 Å². The third-order valence-corrected chi connectivity index (χ3v) is 4.26. The summed E-state index contributed by atoms with van der Waals surface area (Å²) in [4.78, 5) is 12.2. The van der Waals surface area contributed by atoms with Crippen LogP contribution in [0.2, 0.25) is 5.02 Å². The topological polar surface area (TPSA) is 104 Å². The number of H-pyrrole nitrogens is 1. The summed E-state index contributed by atoms with van der Waals surface area (Å²) >= 11 is 7.23. The van der Waals surface area contributed by atoms with Gasteiger partial charge in [0.1, 0.15) is 16.5 Å². The molecule has 0 fully saturated rings. The van der Waals surface area contributed by atoms with Crippen LogP contribution in [0.25, 0.3) is 11.3 Å². The number of nitrogens with zero attached hydrogens (tertiary/aromatic N) is 3. The Kier molecular flexibility index (Phi) is 4.26. The SMILES string of the molecule is CCc1nnc(NC(=O)c2cc(-c3cc(Cl)ccc3O)n[nH]2)s1. The summed E-state index contributed by atoms with van der Waals surface area (Å²) in [5.74, 6) is -0.353. The number of hydrogen-bond donors (Lipinski definition) is 3. The smallest absolute Gasteiger partial charge is 0.275 e. The standard InChI is InChI=1S/C14H12ClN5O2S/c1-2-12-19-20-14(23-12)16-13(22)10-6-9(17-18-10)8-5-7(15)3-4-11(8)21/h3-6,21H,2H2,1H3,(H,17,18)(H,16,20,22). The number of aryl methyl sites for hydroxylation is 1. The number of rotatable bonds is 4. The predicted molar refractivity (Wildman–Crippen MR) is 87.9 cm³/mol. The van der Waals surface area contributed by atoms with Gasteiger partial charge in [0, 0.05) is 10.6 Å². The van der Waals surface area contributed by atoms with Gasteiger partial charge in [-0.3, -0.25) is 15.2 Å². The van der Waals surface area contributed by atoms with Crippen LogP contribution in [0.4, 0.5) is 5.13 Å². The minimum Gasteiger partial charge on any atom is -0.507 e. The molecule has 0 radical (unpaired) electrons. The first-order valence-corrected chi connectivity index (χ1v) is 7.94. The quantitative estimate of drug-likeness (QED) is 0.671. The summed E-state index contributed by atoms with van der Waals surface area (Å²) < 4.78 is 0. The summed E-state index contributed by atoms with van der Waals surface area (Å²) in [7, 11) is 0. The summed E-state index contributed by atoms with van der Waals surface area (Å²) in [6.45, 7) is 1.96. The largest absolute Gasteiger partial charge is 0.507 e. The van der Waals surface area contributed by atoms with Crippen molar-refractivity contribution in [1.82, 2.24) is 20.4 Å². The number of anilines is 1. The molecule has 0 saturated carbocycles. The van der Waals surface area contributed by atoms with Crippen LogP contribution in [-0.4, -0.2) is 31.4 Å². The van der Waals surface area contributed by atoms with Crippen LogP contribution in [0.1, 0.15) is 22.4 Å². The van der Waals surface area contributed by atoms with Gasteiger partial charge in [-0.05, 0) is 30.7 Å². The number of aromatic nitrogens is 4. The fourth-order valence-electron chi connectivity index (χ4n) is 1.90. The van der Waals surface area contributed by atoms with E-state index in [1.54, 1.807) is 12.1 Å². The Morgan fingerprint density at radius 1 is 1.39 bits per heavy atom. The van der Waals surface area contributed by atoms with Crippen molar-refractivity contribution >= 4 is 34.0 Å². The van der Waals surface area contributed by atoms with Crippen molar-refractivity contribution in [3.8, 4) is 17.0 Å². The molecule has 0 aliphatic carbocycles. The molecular weight excluding hydrogens is 338 g/mol. The van der Waals surface area contributed by atoms with Crippen molar-refractivity contribution in [3.63, 3.8) is 0 Å². The van der Waals surface area contributed by atoms with Gasteiger partial charge in [-0.25, -0.2) is 0 Å². The van der Waals surface area contributed by atoms with Crippen molar-refractivity contribution in [2.24, 2.45) is 0 Å². The molecule has 3 N–H and O–H groups in total. The van der Waals surface area contributed by atoms with Crippen LogP contribution in [0, 0.1) is 0 Å².